The zero-order chi connectivity index (χ0) is 34.6. The number of piperazine rings is 1. The van der Waals surface area contributed by atoms with E-state index in [9.17, 15) is 14.4 Å². The second kappa shape index (κ2) is 13.2. The van der Waals surface area contributed by atoms with E-state index in [1.807, 2.05) is 37.3 Å². The zero-order valence-electron chi connectivity index (χ0n) is 28.3. The third kappa shape index (κ3) is 6.34. The largest absolute Gasteiger partial charge is 0.377 e. The second-order valence-corrected chi connectivity index (χ2v) is 14.9. The number of nitrogens with zero attached hydrogens (tertiary/aromatic N) is 8. The van der Waals surface area contributed by atoms with Crippen LogP contribution in [0.2, 0.25) is 0 Å². The summed E-state index contributed by atoms with van der Waals surface area (Å²) in [6.07, 6.45) is 5.88. The summed E-state index contributed by atoms with van der Waals surface area (Å²) in [5, 5.41) is 8.36. The standard InChI is InChI=1S/C36H40BrN9O4/c1-22(47)33-27-14-24(26-17-38-23(2)39-18-26)4-6-28(27)45(42-33)19-32(48)46-29-15-36(16-30(36)46)21-44-11-9-43(10-12-44)8-3-13-50-20-25-5-7-31(37)40-34(25)41-35(29)49/h4-7,14,17-18,29-30H,3,8-13,15-16,19-21H2,1-2H3,(H,40,41,49)/t29-,30+,36-/m0/s1. The summed E-state index contributed by atoms with van der Waals surface area (Å²) in [5.41, 5.74) is 3.27. The van der Waals surface area contributed by atoms with Crippen molar-refractivity contribution in [2.75, 3.05) is 51.2 Å². The number of benzene rings is 1. The van der Waals surface area contributed by atoms with Crippen molar-refractivity contribution in [3.05, 3.63) is 64.4 Å². The summed E-state index contributed by atoms with van der Waals surface area (Å²) < 4.78 is 8.22. The van der Waals surface area contributed by atoms with Crippen LogP contribution in [0, 0.1) is 12.3 Å². The van der Waals surface area contributed by atoms with E-state index >= 15 is 0 Å². The minimum atomic E-state index is -0.671. The molecule has 9 rings (SSSR count). The molecule has 0 unspecified atom stereocenters. The predicted molar refractivity (Wildman–Crippen MR) is 189 cm³/mol. The molecule has 1 aromatic carbocycles. The molecule has 260 valence electrons. The maximum atomic E-state index is 14.4. The number of halogens is 1. The number of rotatable bonds is 4. The van der Waals surface area contributed by atoms with Crippen LogP contribution in [0.3, 0.4) is 0 Å². The summed E-state index contributed by atoms with van der Waals surface area (Å²) in [7, 11) is 0. The van der Waals surface area contributed by atoms with E-state index in [1.54, 1.807) is 22.0 Å². The normalized spacial score (nSPS) is 26.6. The fraction of sp³-hybridized carbons (Fsp3) is 0.472. The Morgan fingerprint density at radius 2 is 1.80 bits per heavy atom. The van der Waals surface area contributed by atoms with Gasteiger partial charge in [-0.05, 0) is 65.9 Å². The minimum absolute atomic E-state index is 0.0526. The van der Waals surface area contributed by atoms with Gasteiger partial charge in [0.05, 0.1) is 12.1 Å². The summed E-state index contributed by atoms with van der Waals surface area (Å²) in [6.45, 7) is 9.93. The number of pyridine rings is 1. The number of carbonyl (C=O) groups excluding carboxylic acids is 3. The average Bonchev–Trinajstić information content (AvgIpc) is 3.50. The van der Waals surface area contributed by atoms with Gasteiger partial charge in [0.1, 0.15) is 34.5 Å². The van der Waals surface area contributed by atoms with E-state index in [2.05, 4.69) is 51.1 Å². The van der Waals surface area contributed by atoms with Crippen LogP contribution in [-0.2, 0) is 27.5 Å². The van der Waals surface area contributed by atoms with Crippen LogP contribution in [0.1, 0.15) is 48.1 Å². The van der Waals surface area contributed by atoms with Gasteiger partial charge in [-0.15, -0.1) is 0 Å². The van der Waals surface area contributed by atoms with Gasteiger partial charge >= 0.3 is 0 Å². The molecule has 4 aromatic rings. The number of aryl methyl sites for hydroxylation is 1. The van der Waals surface area contributed by atoms with Gasteiger partial charge in [0.15, 0.2) is 5.78 Å². The SMILES string of the molecule is CC(=O)c1nn(CC(=O)N2[C@H]3C[C@]4(C[C@@H]24)CN2CCN(CCCOCc4ccc(Br)nc4NC3=O)CC2)c2ccc(-c3cnc(C)nc3)cc12. The fourth-order valence-corrected chi connectivity index (χ4v) is 8.32. The second-order valence-electron chi connectivity index (χ2n) is 14.1. The molecule has 7 heterocycles. The molecule has 1 aliphatic carbocycles. The number of carbonyl (C=O) groups is 3. The number of Topliss-reactive ketones (excluding diaryl/α,β-unsaturated/α-hetero) is 1. The van der Waals surface area contributed by atoms with Gasteiger partial charge in [-0.3, -0.25) is 19.1 Å². The van der Waals surface area contributed by atoms with E-state index < -0.39 is 6.04 Å². The first-order chi connectivity index (χ1) is 24.2. The highest BCUT2D eigenvalue weighted by Crippen LogP contribution is 2.60. The van der Waals surface area contributed by atoms with E-state index in [-0.39, 0.29) is 35.6 Å². The Morgan fingerprint density at radius 1 is 1.02 bits per heavy atom. The summed E-state index contributed by atoms with van der Waals surface area (Å²) >= 11 is 3.45. The van der Waals surface area contributed by atoms with Gasteiger partial charge < -0.3 is 24.8 Å². The molecule has 13 nitrogen and oxygen atoms in total. The number of fused-ring (bicyclic) bond motifs is 8. The van der Waals surface area contributed by atoms with Crippen LogP contribution in [0.15, 0.2) is 47.3 Å². The summed E-state index contributed by atoms with van der Waals surface area (Å²) in [6, 6.07) is 8.72. The number of hydrogen-bond acceptors (Lipinski definition) is 10. The van der Waals surface area contributed by atoms with Gasteiger partial charge in [-0.2, -0.15) is 5.10 Å². The number of aromatic nitrogens is 5. The van der Waals surface area contributed by atoms with Crippen molar-refractivity contribution in [1.29, 1.82) is 0 Å². The van der Waals surface area contributed by atoms with E-state index in [0.717, 1.165) is 68.8 Å². The van der Waals surface area contributed by atoms with Crippen LogP contribution in [0.5, 0.6) is 0 Å². The third-order valence-corrected chi connectivity index (χ3v) is 11.1. The van der Waals surface area contributed by atoms with Crippen molar-refractivity contribution in [2.45, 2.75) is 58.3 Å². The number of anilines is 1. The van der Waals surface area contributed by atoms with E-state index in [0.29, 0.717) is 52.5 Å². The van der Waals surface area contributed by atoms with Crippen LogP contribution >= 0.6 is 15.9 Å². The van der Waals surface area contributed by atoms with Crippen LogP contribution in [-0.4, -0.2) is 115 Å². The lowest BCUT2D eigenvalue weighted by Gasteiger charge is -2.36. The van der Waals surface area contributed by atoms with Gasteiger partial charge in [-0.1, -0.05) is 12.1 Å². The smallest absolute Gasteiger partial charge is 0.248 e. The highest BCUT2D eigenvalue weighted by molar-refractivity contribution is 9.10. The quantitative estimate of drug-likeness (QED) is 0.244. The molecule has 4 bridgehead atoms. The van der Waals surface area contributed by atoms with Crippen molar-refractivity contribution in [3.63, 3.8) is 0 Å². The molecular formula is C36H40BrN9O4. The lowest BCUT2D eigenvalue weighted by molar-refractivity contribution is -0.138. The Morgan fingerprint density at radius 3 is 2.58 bits per heavy atom. The Balaban J connectivity index is 1.11. The van der Waals surface area contributed by atoms with Gasteiger partial charge in [0, 0.05) is 93.2 Å². The van der Waals surface area contributed by atoms with Crippen LogP contribution in [0.25, 0.3) is 22.0 Å². The van der Waals surface area contributed by atoms with Crippen molar-refractivity contribution >= 4 is 50.2 Å². The van der Waals surface area contributed by atoms with Crippen LogP contribution in [0.4, 0.5) is 5.82 Å². The first kappa shape index (κ1) is 33.1. The monoisotopic (exact) mass is 741 g/mol. The minimum Gasteiger partial charge on any atom is -0.377 e. The lowest BCUT2D eigenvalue weighted by Crippen LogP contribution is -2.48. The maximum Gasteiger partial charge on any atom is 0.248 e. The molecule has 2 saturated heterocycles. The molecule has 1 saturated carbocycles. The molecule has 50 heavy (non-hydrogen) atoms. The molecule has 4 aliphatic heterocycles. The number of amides is 2. The number of likely N-dealkylation sites (tertiary alicyclic amines) is 1. The Bertz CT molecular complexity index is 1980. The van der Waals surface area contributed by atoms with Gasteiger partial charge in [0.25, 0.3) is 0 Å². The van der Waals surface area contributed by atoms with E-state index in [1.165, 1.54) is 6.92 Å². The molecule has 1 spiro atoms. The molecule has 0 radical (unpaired) electrons. The summed E-state index contributed by atoms with van der Waals surface area (Å²) in [5.74, 6) is 0.450. The number of hydrogen-bond donors (Lipinski definition) is 1. The third-order valence-electron chi connectivity index (χ3n) is 10.7. The highest BCUT2D eigenvalue weighted by Gasteiger charge is 2.67. The molecule has 3 atom stereocenters. The molecular weight excluding hydrogens is 702 g/mol. The molecule has 5 aliphatic rings. The fourth-order valence-electron chi connectivity index (χ4n) is 8.01. The number of nitrogens with one attached hydrogen (secondary N) is 1. The Hall–Kier alpha value is -4.11. The van der Waals surface area contributed by atoms with Crippen molar-refractivity contribution in [1.82, 2.24) is 39.4 Å². The molecule has 3 fully saturated rings. The Labute approximate surface area is 298 Å². The van der Waals surface area contributed by atoms with E-state index in [4.69, 9.17) is 4.74 Å². The van der Waals surface area contributed by atoms with Crippen LogP contribution < -0.4 is 5.32 Å². The number of ether oxygens (including phenoxy) is 1. The van der Waals surface area contributed by atoms with Crippen molar-refractivity contribution in [2.24, 2.45) is 5.41 Å². The first-order valence-corrected chi connectivity index (χ1v) is 18.1. The lowest BCUT2D eigenvalue weighted by atomic mass is 9.97. The molecule has 2 amide bonds. The number of ketones is 1. The molecule has 1 N–H and O–H groups in total. The predicted octanol–water partition coefficient (Wildman–Crippen LogP) is 3.70. The highest BCUT2D eigenvalue weighted by atomic mass is 79.9. The number of piperidine rings is 1. The van der Waals surface area contributed by atoms with Gasteiger partial charge in [-0.25, -0.2) is 15.0 Å². The Kier molecular flexibility index (Phi) is 8.74. The molecule has 3 aromatic heterocycles. The topological polar surface area (TPSA) is 139 Å². The first-order valence-electron chi connectivity index (χ1n) is 17.3. The summed E-state index contributed by atoms with van der Waals surface area (Å²) in [4.78, 5) is 61.4. The maximum absolute atomic E-state index is 14.4. The average molecular weight is 743 g/mol. The van der Waals surface area contributed by atoms with Crippen molar-refractivity contribution < 1.29 is 19.1 Å². The zero-order valence-corrected chi connectivity index (χ0v) is 29.9. The van der Waals surface area contributed by atoms with Gasteiger partial charge in [0.2, 0.25) is 11.8 Å². The molecule has 14 heteroatoms. The van der Waals surface area contributed by atoms with Crippen molar-refractivity contribution in [3.8, 4) is 11.1 Å².